The summed E-state index contributed by atoms with van der Waals surface area (Å²) in [5.41, 5.74) is 4.33. The van der Waals surface area contributed by atoms with Crippen molar-refractivity contribution in [2.45, 2.75) is 20.4 Å². The first-order valence-electron chi connectivity index (χ1n) is 5.98. The van der Waals surface area contributed by atoms with E-state index < -0.39 is 0 Å². The summed E-state index contributed by atoms with van der Waals surface area (Å²) in [5.74, 6) is 0. The fraction of sp³-hybridized carbons (Fsp3) is 0.188. The van der Waals surface area contributed by atoms with Crippen molar-refractivity contribution in [2.75, 3.05) is 4.90 Å². The second-order valence-corrected chi connectivity index (χ2v) is 4.38. The van der Waals surface area contributed by atoms with Gasteiger partial charge in [-0.05, 0) is 36.6 Å². The first-order valence-corrected chi connectivity index (χ1v) is 5.98. The molecule has 0 fully saturated rings. The van der Waals surface area contributed by atoms with Gasteiger partial charge in [0.2, 0.25) is 0 Å². The first-order chi connectivity index (χ1) is 8.72. The topological polar surface area (TPSA) is 20.3 Å². The number of benzene rings is 2. The van der Waals surface area contributed by atoms with E-state index in [0.29, 0.717) is 6.54 Å². The number of nitrogens with zero attached hydrogens (tertiary/aromatic N) is 1. The van der Waals surface area contributed by atoms with Crippen molar-refractivity contribution < 1.29 is 4.79 Å². The molecule has 0 N–H and O–H groups in total. The van der Waals surface area contributed by atoms with Gasteiger partial charge in [0.15, 0.2) is 0 Å². The number of hydrogen-bond acceptors (Lipinski definition) is 1. The van der Waals surface area contributed by atoms with Crippen LogP contribution in [0.1, 0.15) is 16.7 Å². The van der Waals surface area contributed by atoms with Crippen molar-refractivity contribution in [3.05, 3.63) is 65.2 Å². The lowest BCUT2D eigenvalue weighted by Crippen LogP contribution is -2.21. The molecular formula is C16H16NO. The van der Waals surface area contributed by atoms with E-state index in [1.54, 1.807) is 4.90 Å². The molecule has 18 heavy (non-hydrogen) atoms. The second kappa shape index (κ2) is 5.50. The third-order valence-corrected chi connectivity index (χ3v) is 3.16. The summed E-state index contributed by atoms with van der Waals surface area (Å²) in [4.78, 5) is 12.8. The standard InChI is InChI=1S/C16H16NO/c1-13-7-6-10-16(14(13)2)17(12-18)11-15-8-4-3-5-9-15/h3-10H,11H2,1-2H3. The lowest BCUT2D eigenvalue weighted by molar-refractivity contribution is 0.550. The Morgan fingerprint density at radius 1 is 1.00 bits per heavy atom. The molecule has 2 aromatic carbocycles. The number of anilines is 1. The van der Waals surface area contributed by atoms with Crippen LogP contribution < -0.4 is 4.90 Å². The van der Waals surface area contributed by atoms with E-state index in [2.05, 4.69) is 0 Å². The lowest BCUT2D eigenvalue weighted by Gasteiger charge is -2.19. The van der Waals surface area contributed by atoms with Gasteiger partial charge in [0.05, 0.1) is 6.54 Å². The molecule has 0 aliphatic heterocycles. The number of rotatable bonds is 4. The molecule has 1 radical (unpaired) electrons. The Morgan fingerprint density at radius 2 is 1.72 bits per heavy atom. The van der Waals surface area contributed by atoms with E-state index >= 15 is 0 Å². The Morgan fingerprint density at radius 3 is 2.39 bits per heavy atom. The summed E-state index contributed by atoms with van der Waals surface area (Å²) in [6.07, 6.45) is 2.02. The van der Waals surface area contributed by atoms with Crippen LogP contribution in [0.15, 0.2) is 48.5 Å². The van der Waals surface area contributed by atoms with Crippen LogP contribution in [0, 0.1) is 13.8 Å². The van der Waals surface area contributed by atoms with Crippen molar-refractivity contribution in [1.82, 2.24) is 0 Å². The molecule has 0 aromatic heterocycles. The fourth-order valence-electron chi connectivity index (χ4n) is 1.96. The SMILES string of the molecule is Cc1cccc(N([C]=O)Cc2ccccc2)c1C. The van der Waals surface area contributed by atoms with Gasteiger partial charge in [0.25, 0.3) is 0 Å². The molecule has 91 valence electrons. The van der Waals surface area contributed by atoms with E-state index in [-0.39, 0.29) is 0 Å². The Hall–Kier alpha value is -2.09. The molecule has 0 aliphatic rings. The molecule has 0 bridgehead atoms. The minimum atomic E-state index is 0.550. The van der Waals surface area contributed by atoms with Crippen LogP contribution in [-0.2, 0) is 11.3 Å². The summed E-state index contributed by atoms with van der Waals surface area (Å²) < 4.78 is 0. The van der Waals surface area contributed by atoms with Crippen LogP contribution in [0.5, 0.6) is 0 Å². The Kier molecular flexibility index (Phi) is 3.78. The molecule has 2 aromatic rings. The third kappa shape index (κ3) is 2.59. The van der Waals surface area contributed by atoms with Gasteiger partial charge in [0, 0.05) is 5.69 Å². The van der Waals surface area contributed by atoms with Gasteiger partial charge in [-0.15, -0.1) is 0 Å². The monoisotopic (exact) mass is 238 g/mol. The zero-order chi connectivity index (χ0) is 13.0. The molecular weight excluding hydrogens is 222 g/mol. The van der Waals surface area contributed by atoms with Crippen LogP contribution in [0.3, 0.4) is 0 Å². The highest BCUT2D eigenvalue weighted by molar-refractivity contribution is 5.78. The van der Waals surface area contributed by atoms with Crippen LogP contribution >= 0.6 is 0 Å². The molecule has 2 rings (SSSR count). The summed E-state index contributed by atoms with van der Waals surface area (Å²) in [5, 5.41) is 0. The quantitative estimate of drug-likeness (QED) is 0.748. The summed E-state index contributed by atoms with van der Waals surface area (Å²) in [6.45, 7) is 4.62. The second-order valence-electron chi connectivity index (χ2n) is 4.38. The maximum Gasteiger partial charge on any atom is 0.317 e. The van der Waals surface area contributed by atoms with Gasteiger partial charge in [-0.25, -0.2) is 0 Å². The molecule has 1 amide bonds. The predicted octanol–water partition coefficient (Wildman–Crippen LogP) is 3.38. The zero-order valence-corrected chi connectivity index (χ0v) is 10.7. The van der Waals surface area contributed by atoms with Crippen LogP contribution in [0.2, 0.25) is 0 Å². The summed E-state index contributed by atoms with van der Waals surface area (Å²) in [7, 11) is 0. The normalized spacial score (nSPS) is 10.1. The van der Waals surface area contributed by atoms with Crippen molar-refractivity contribution in [2.24, 2.45) is 0 Å². The number of carbonyl (C=O) groups excluding carboxylic acids is 1. The molecule has 0 heterocycles. The van der Waals surface area contributed by atoms with E-state index in [1.165, 1.54) is 5.56 Å². The van der Waals surface area contributed by atoms with E-state index in [4.69, 9.17) is 0 Å². The molecule has 0 spiro atoms. The van der Waals surface area contributed by atoms with Gasteiger partial charge in [-0.2, -0.15) is 0 Å². The molecule has 0 saturated heterocycles. The Bertz CT molecular complexity index is 534. The van der Waals surface area contributed by atoms with Gasteiger partial charge in [0.1, 0.15) is 0 Å². The molecule has 0 atom stereocenters. The van der Waals surface area contributed by atoms with Gasteiger partial charge in [-0.3, -0.25) is 9.69 Å². The van der Waals surface area contributed by atoms with Crippen molar-refractivity contribution in [3.8, 4) is 0 Å². The van der Waals surface area contributed by atoms with Crippen molar-refractivity contribution >= 4 is 12.1 Å². The number of hydrogen-bond donors (Lipinski definition) is 0. The zero-order valence-electron chi connectivity index (χ0n) is 10.7. The molecule has 2 nitrogen and oxygen atoms in total. The molecule has 2 heteroatoms. The minimum absolute atomic E-state index is 0.550. The van der Waals surface area contributed by atoms with E-state index in [1.807, 2.05) is 68.8 Å². The Labute approximate surface area is 108 Å². The lowest BCUT2D eigenvalue weighted by atomic mass is 10.1. The smallest absolute Gasteiger partial charge is 0.299 e. The maximum absolute atomic E-state index is 11.2. The molecule has 0 saturated carbocycles. The van der Waals surface area contributed by atoms with Crippen molar-refractivity contribution in [3.63, 3.8) is 0 Å². The van der Waals surface area contributed by atoms with Gasteiger partial charge < -0.3 is 0 Å². The van der Waals surface area contributed by atoms with Crippen LogP contribution in [-0.4, -0.2) is 6.41 Å². The number of aryl methyl sites for hydroxylation is 1. The largest absolute Gasteiger partial charge is 0.317 e. The number of amides is 1. The van der Waals surface area contributed by atoms with E-state index in [9.17, 15) is 4.79 Å². The molecule has 0 aliphatic carbocycles. The van der Waals surface area contributed by atoms with Gasteiger partial charge >= 0.3 is 6.41 Å². The average Bonchev–Trinajstić information content (AvgIpc) is 2.41. The highest BCUT2D eigenvalue weighted by Crippen LogP contribution is 2.23. The Balaban J connectivity index is 2.29. The maximum atomic E-state index is 11.2. The highest BCUT2D eigenvalue weighted by atomic mass is 16.1. The van der Waals surface area contributed by atoms with Gasteiger partial charge in [-0.1, -0.05) is 42.5 Å². The first kappa shape index (κ1) is 12.4. The fourth-order valence-corrected chi connectivity index (χ4v) is 1.96. The third-order valence-electron chi connectivity index (χ3n) is 3.16. The predicted molar refractivity (Wildman–Crippen MR) is 74.2 cm³/mol. The van der Waals surface area contributed by atoms with Crippen molar-refractivity contribution in [1.29, 1.82) is 0 Å². The summed E-state index contributed by atoms with van der Waals surface area (Å²) in [6, 6.07) is 15.9. The summed E-state index contributed by atoms with van der Waals surface area (Å²) >= 11 is 0. The molecule has 0 unspecified atom stereocenters. The van der Waals surface area contributed by atoms with E-state index in [0.717, 1.165) is 16.8 Å². The average molecular weight is 238 g/mol. The highest BCUT2D eigenvalue weighted by Gasteiger charge is 2.10. The minimum Gasteiger partial charge on any atom is -0.299 e. The van der Waals surface area contributed by atoms with Crippen LogP contribution in [0.4, 0.5) is 5.69 Å². The van der Waals surface area contributed by atoms with Crippen LogP contribution in [0.25, 0.3) is 0 Å².